The first-order chi connectivity index (χ1) is 0. The van der Waals surface area contributed by atoms with E-state index in [4.69, 9.17) is 0 Å². The van der Waals surface area contributed by atoms with Crippen molar-refractivity contribution in [3.05, 3.63) is 0 Å². The monoisotopic (exact) mass is 431 g/mol. The Labute approximate surface area is 80.3 Å². The van der Waals surface area contributed by atoms with Gasteiger partial charge in [-0.2, -0.15) is 0 Å². The van der Waals surface area contributed by atoms with Gasteiger partial charge in [0.05, 0.1) is 0 Å². The first-order valence-corrected chi connectivity index (χ1v) is 0. The number of hydrogen-bond donors (Lipinski definition) is 0. The first-order valence-electron chi connectivity index (χ1n) is 0. The third-order valence-electron chi connectivity index (χ3n) is 0. The van der Waals surface area contributed by atoms with Crippen LogP contribution < -0.4 is 0 Å². The van der Waals surface area contributed by atoms with Crippen molar-refractivity contribution in [2.24, 2.45) is 0 Å². The second-order valence-corrected chi connectivity index (χ2v) is 0. The Balaban J connectivity index is 0. The molecule has 0 heterocycles. The summed E-state index contributed by atoms with van der Waals surface area (Å²) in [5, 5.41) is 0. The second-order valence-electron chi connectivity index (χ2n) is 0. The summed E-state index contributed by atoms with van der Waals surface area (Å²) in [5.41, 5.74) is 0. The fraction of sp³-hybridized carbons (Fsp3) is 0. The summed E-state index contributed by atoms with van der Waals surface area (Å²) >= 11 is 0. The van der Waals surface area contributed by atoms with Gasteiger partial charge in [-0.3, -0.25) is 0 Å². The summed E-state index contributed by atoms with van der Waals surface area (Å²) < 4.78 is 0. The number of hydrogen-bond acceptors (Lipinski definition) is 0. The van der Waals surface area contributed by atoms with E-state index in [1.165, 1.54) is 0 Å². The van der Waals surface area contributed by atoms with Gasteiger partial charge in [0.25, 0.3) is 0 Å². The van der Waals surface area contributed by atoms with Crippen molar-refractivity contribution in [3.63, 3.8) is 0 Å². The van der Waals surface area contributed by atoms with Crippen molar-refractivity contribution in [1.29, 1.82) is 0 Å². The second kappa shape index (κ2) is 17.4. The van der Waals surface area contributed by atoms with Crippen LogP contribution in [0, 0.1) is 0 Å². The van der Waals surface area contributed by atoms with E-state index in [9.17, 15) is 0 Å². The molecule has 0 aliphatic rings. The first kappa shape index (κ1) is 30.4. The van der Waals surface area contributed by atoms with Gasteiger partial charge in [0.2, 0.25) is 0 Å². The molecule has 0 aliphatic carbocycles. The van der Waals surface area contributed by atoms with Gasteiger partial charge in [-0.05, 0) is 0 Å². The van der Waals surface area contributed by atoms with Crippen molar-refractivity contribution in [2.75, 3.05) is 0 Å². The Bertz CT molecular complexity index is 8.00. The molecule has 0 rings (SSSR count). The Morgan fingerprint density at radius 2 is 1.00 bits per heavy atom. The van der Waals surface area contributed by atoms with E-state index in [1.807, 2.05) is 0 Å². The Morgan fingerprint density at radius 3 is 1.00 bits per heavy atom. The summed E-state index contributed by atoms with van der Waals surface area (Å²) in [6.07, 6.45) is 0. The van der Waals surface area contributed by atoms with Gasteiger partial charge < -0.3 is 0 Å². The topological polar surface area (TPSA) is 0 Å². The van der Waals surface area contributed by atoms with Crippen LogP contribution in [0.15, 0.2) is 0 Å². The Kier molecular flexibility index (Phi) is 133. The third-order valence-corrected chi connectivity index (χ3v) is 0. The molecule has 0 fully saturated rings. The molecule has 0 aliphatic heterocycles. The molecule has 0 aromatic rings. The van der Waals surface area contributed by atoms with Crippen LogP contribution in [0.4, 0.5) is 0 Å². The van der Waals surface area contributed by atoms with E-state index in [1.54, 1.807) is 0 Å². The van der Waals surface area contributed by atoms with Crippen molar-refractivity contribution in [3.8, 4) is 0 Å². The molecule has 4 heavy (non-hydrogen) atoms. The molecule has 4 heteroatoms. The van der Waals surface area contributed by atoms with E-state index >= 15 is 0 Å². The smallest absolute Gasteiger partial charge is 0 e. The third kappa shape index (κ3) is 8.82. The zero-order valence-electron chi connectivity index (χ0n) is 1.92. The van der Waals surface area contributed by atoms with E-state index in [0.717, 1.165) is 0 Å². The van der Waals surface area contributed by atoms with Crippen LogP contribution in [0.25, 0.3) is 0 Å². The normalized spacial score (nSPS) is 0. The van der Waals surface area contributed by atoms with Crippen molar-refractivity contribution < 1.29 is 57.6 Å². The summed E-state index contributed by atoms with van der Waals surface area (Å²) in [6.45, 7) is 0. The maximum absolute atomic E-state index is 0. The predicted octanol–water partition coefficient (Wildman–Crippen LogP) is -0.388. The minimum Gasteiger partial charge on any atom is 0 e. The van der Waals surface area contributed by atoms with Crippen molar-refractivity contribution in [1.82, 2.24) is 0 Å². The van der Waals surface area contributed by atoms with E-state index < -0.39 is 0 Å². The fourth-order valence-corrected chi connectivity index (χ4v) is 0. The summed E-state index contributed by atoms with van der Waals surface area (Å²) in [4.78, 5) is 0. The van der Waals surface area contributed by atoms with Gasteiger partial charge in [-0.15, -0.1) is 0 Å². The molecule has 0 aromatic heterocycles. The Morgan fingerprint density at radius 1 is 1.00 bits per heavy atom. The molecule has 0 saturated carbocycles. The predicted molar refractivity (Wildman–Crippen MR) is 5.75 cm³/mol. The van der Waals surface area contributed by atoms with Crippen LogP contribution in [0.5, 0.6) is 0 Å². The molecular formula is CuSnWZn. The quantitative estimate of drug-likeness (QED) is 0.459. The van der Waals surface area contributed by atoms with Crippen LogP contribution >= 0.6 is 0 Å². The summed E-state index contributed by atoms with van der Waals surface area (Å²) in [6, 6.07) is 0. The SMILES string of the molecule is [Cu].[Sn].[W].[Zn]. The molecule has 0 aromatic carbocycles. The molecule has 0 bridgehead atoms. The van der Waals surface area contributed by atoms with Crippen LogP contribution in [0.2, 0.25) is 0 Å². The maximum Gasteiger partial charge on any atom is 0 e. The molecule has 0 nitrogen and oxygen atoms in total. The zero-order valence-corrected chi connectivity index (χ0v) is 11.6. The summed E-state index contributed by atoms with van der Waals surface area (Å²) in [5.74, 6) is 0. The van der Waals surface area contributed by atoms with Gasteiger partial charge in [-0.25, -0.2) is 0 Å². The molecule has 0 spiro atoms. The van der Waals surface area contributed by atoms with Crippen molar-refractivity contribution >= 4 is 23.9 Å². The molecular weight excluding hydrogens is 431 g/mol. The fourth-order valence-electron chi connectivity index (χ4n) is 0. The zero-order chi connectivity index (χ0) is 0. The molecule has 0 saturated heterocycles. The molecule has 23 valence electrons. The van der Waals surface area contributed by atoms with Gasteiger partial charge in [-0.1, -0.05) is 0 Å². The van der Waals surface area contributed by atoms with Crippen LogP contribution in [-0.4, -0.2) is 23.9 Å². The van der Waals surface area contributed by atoms with Gasteiger partial charge in [0, 0.05) is 81.5 Å². The summed E-state index contributed by atoms with van der Waals surface area (Å²) in [7, 11) is 0. The average Bonchev–Trinajstić information content (AvgIpc) is 0. The molecule has 5 radical (unpaired) electrons. The van der Waals surface area contributed by atoms with Crippen LogP contribution in [0.3, 0.4) is 0 Å². The minimum absolute atomic E-state index is 0. The van der Waals surface area contributed by atoms with Crippen LogP contribution in [0.1, 0.15) is 0 Å². The maximum atomic E-state index is 0. The molecule has 0 unspecified atom stereocenters. The van der Waals surface area contributed by atoms with Gasteiger partial charge in [0.1, 0.15) is 0 Å². The van der Waals surface area contributed by atoms with Crippen LogP contribution in [-0.2, 0) is 57.6 Å². The largest absolute Gasteiger partial charge is 0 e. The van der Waals surface area contributed by atoms with Gasteiger partial charge >= 0.3 is 0 Å². The molecule has 0 amide bonds. The Hall–Kier alpha value is 2.63. The molecule has 0 N–H and O–H groups in total. The minimum atomic E-state index is 0. The van der Waals surface area contributed by atoms with Gasteiger partial charge in [0.15, 0.2) is 0 Å². The average molecular weight is 431 g/mol. The van der Waals surface area contributed by atoms with Crippen molar-refractivity contribution in [2.45, 2.75) is 0 Å². The standard InChI is InChI=1S/Cu.Sn.W.Zn. The molecule has 0 atom stereocenters. The van der Waals surface area contributed by atoms with E-state index in [0.29, 0.717) is 0 Å². The van der Waals surface area contributed by atoms with E-state index in [-0.39, 0.29) is 81.5 Å². The van der Waals surface area contributed by atoms with E-state index in [2.05, 4.69) is 0 Å². The number of rotatable bonds is 0.